The molecule has 2 unspecified atom stereocenters. The molecular weight excluding hydrogens is 302 g/mol. The molecule has 0 radical (unpaired) electrons. The van der Waals surface area contributed by atoms with Gasteiger partial charge in [0.05, 0.1) is 12.2 Å². The van der Waals surface area contributed by atoms with Crippen molar-refractivity contribution in [2.75, 3.05) is 14.1 Å². The maximum absolute atomic E-state index is 11.4. The first-order valence-corrected chi connectivity index (χ1v) is 9.07. The molecule has 0 aliphatic heterocycles. The van der Waals surface area contributed by atoms with Crippen LogP contribution in [0.15, 0.2) is 36.5 Å². The Hall–Kier alpha value is -1.39. The van der Waals surface area contributed by atoms with E-state index in [1.807, 2.05) is 24.3 Å². The van der Waals surface area contributed by atoms with Crippen LogP contribution in [0.2, 0.25) is 0 Å². The fourth-order valence-electron chi connectivity index (χ4n) is 2.95. The van der Waals surface area contributed by atoms with E-state index >= 15 is 0 Å². The van der Waals surface area contributed by atoms with Crippen molar-refractivity contribution in [1.82, 2.24) is 4.90 Å². The second-order valence-corrected chi connectivity index (χ2v) is 6.86. The third kappa shape index (κ3) is 9.68. The van der Waals surface area contributed by atoms with E-state index in [1.54, 1.807) is 26.2 Å². The fourth-order valence-corrected chi connectivity index (χ4v) is 2.95. The zero-order valence-electron chi connectivity index (χ0n) is 15.1. The van der Waals surface area contributed by atoms with Crippen molar-refractivity contribution in [3.05, 3.63) is 36.5 Å². The molecule has 0 saturated heterocycles. The third-order valence-corrected chi connectivity index (χ3v) is 4.45. The van der Waals surface area contributed by atoms with Gasteiger partial charge in [0.25, 0.3) is 0 Å². The van der Waals surface area contributed by atoms with Crippen molar-refractivity contribution in [2.24, 2.45) is 5.92 Å². The first-order valence-electron chi connectivity index (χ1n) is 9.07. The highest BCUT2D eigenvalue weighted by Gasteiger charge is 2.15. The molecule has 0 bridgehead atoms. The molecule has 2 atom stereocenters. The van der Waals surface area contributed by atoms with Gasteiger partial charge in [-0.05, 0) is 18.8 Å². The Labute approximate surface area is 146 Å². The van der Waals surface area contributed by atoms with Crippen LogP contribution in [0.4, 0.5) is 0 Å². The van der Waals surface area contributed by atoms with Crippen molar-refractivity contribution < 1.29 is 15.0 Å². The van der Waals surface area contributed by atoms with Crippen molar-refractivity contribution in [3.63, 3.8) is 0 Å². The number of allylic oxidation sites excluding steroid dienone is 4. The van der Waals surface area contributed by atoms with Crippen LogP contribution in [0.3, 0.4) is 0 Å². The van der Waals surface area contributed by atoms with Gasteiger partial charge in [-0.25, -0.2) is 0 Å². The lowest BCUT2D eigenvalue weighted by Crippen LogP contribution is -2.22. The normalized spacial score (nSPS) is 19.3. The summed E-state index contributed by atoms with van der Waals surface area (Å²) in [5, 5.41) is 19.8. The van der Waals surface area contributed by atoms with Crippen LogP contribution in [0.5, 0.6) is 0 Å². The van der Waals surface area contributed by atoms with E-state index in [1.165, 1.54) is 37.0 Å². The van der Waals surface area contributed by atoms with E-state index < -0.39 is 6.10 Å². The number of rotatable bonds is 9. The van der Waals surface area contributed by atoms with Crippen LogP contribution in [-0.4, -0.2) is 47.3 Å². The van der Waals surface area contributed by atoms with E-state index in [2.05, 4.69) is 0 Å². The molecule has 24 heavy (non-hydrogen) atoms. The van der Waals surface area contributed by atoms with Gasteiger partial charge in [-0.15, -0.1) is 0 Å². The van der Waals surface area contributed by atoms with Gasteiger partial charge in [0.1, 0.15) is 0 Å². The number of carbonyl (C=O) groups is 1. The summed E-state index contributed by atoms with van der Waals surface area (Å²) in [5.41, 5.74) is 0. The first kappa shape index (κ1) is 20.7. The van der Waals surface area contributed by atoms with Crippen molar-refractivity contribution >= 4 is 5.91 Å². The van der Waals surface area contributed by atoms with E-state index in [4.69, 9.17) is 0 Å². The molecule has 1 aliphatic rings. The summed E-state index contributed by atoms with van der Waals surface area (Å²) in [6.45, 7) is 0. The zero-order chi connectivity index (χ0) is 17.8. The Morgan fingerprint density at radius 2 is 1.58 bits per heavy atom. The molecule has 1 rings (SSSR count). The molecule has 0 heterocycles. The quantitative estimate of drug-likeness (QED) is 0.636. The summed E-state index contributed by atoms with van der Waals surface area (Å²) in [6.07, 6.45) is 17.9. The highest BCUT2D eigenvalue weighted by Crippen LogP contribution is 2.27. The second-order valence-electron chi connectivity index (χ2n) is 6.86. The molecule has 0 aromatic rings. The predicted molar refractivity (Wildman–Crippen MR) is 98.6 cm³/mol. The van der Waals surface area contributed by atoms with Crippen molar-refractivity contribution in [1.29, 1.82) is 0 Å². The Morgan fingerprint density at radius 1 is 1.00 bits per heavy atom. The number of aliphatic hydroxyl groups is 2. The lowest BCUT2D eigenvalue weighted by Gasteiger charge is -2.22. The van der Waals surface area contributed by atoms with Crippen molar-refractivity contribution in [2.45, 2.75) is 63.6 Å². The summed E-state index contributed by atoms with van der Waals surface area (Å²) in [7, 11) is 3.42. The molecule has 136 valence electrons. The van der Waals surface area contributed by atoms with Crippen LogP contribution >= 0.6 is 0 Å². The maximum Gasteiger partial charge on any atom is 0.222 e. The lowest BCUT2D eigenvalue weighted by molar-refractivity contribution is -0.129. The van der Waals surface area contributed by atoms with Gasteiger partial charge in [-0.1, -0.05) is 68.6 Å². The SMILES string of the molecule is CN(C)C(=O)CCC(O)/C=C/C=C\C=C\C(O)CC1CCCCC1. The molecule has 2 N–H and O–H groups in total. The first-order chi connectivity index (χ1) is 11.5. The minimum atomic E-state index is -0.612. The molecule has 0 aromatic heterocycles. The highest BCUT2D eigenvalue weighted by atomic mass is 16.3. The number of hydrogen-bond acceptors (Lipinski definition) is 3. The largest absolute Gasteiger partial charge is 0.389 e. The number of aliphatic hydroxyl groups excluding tert-OH is 2. The van der Waals surface area contributed by atoms with E-state index in [0.29, 0.717) is 18.8 Å². The van der Waals surface area contributed by atoms with Crippen LogP contribution in [0.25, 0.3) is 0 Å². The highest BCUT2D eigenvalue weighted by molar-refractivity contribution is 5.75. The van der Waals surface area contributed by atoms with Crippen LogP contribution in [0, 0.1) is 5.92 Å². The Kier molecular flexibility index (Phi) is 10.4. The standard InChI is InChI=1S/C20H33NO3/c1-21(2)20(24)15-14-18(22)12-8-3-4-9-13-19(23)16-17-10-6-5-7-11-17/h3-4,8-9,12-13,17-19,22-23H,5-7,10-11,14-16H2,1-2H3/b4-3-,12-8+,13-9+. The Bertz CT molecular complexity index is 434. The van der Waals surface area contributed by atoms with Crippen molar-refractivity contribution in [3.8, 4) is 0 Å². The second kappa shape index (κ2) is 12.0. The minimum absolute atomic E-state index is 0.0212. The zero-order valence-corrected chi connectivity index (χ0v) is 15.1. The third-order valence-electron chi connectivity index (χ3n) is 4.45. The van der Waals surface area contributed by atoms with E-state index in [-0.39, 0.29) is 12.0 Å². The minimum Gasteiger partial charge on any atom is -0.389 e. The molecule has 4 nitrogen and oxygen atoms in total. The van der Waals surface area contributed by atoms with Gasteiger partial charge in [-0.3, -0.25) is 4.79 Å². The predicted octanol–water partition coefficient (Wildman–Crippen LogP) is 3.22. The van der Waals surface area contributed by atoms with Gasteiger partial charge >= 0.3 is 0 Å². The summed E-state index contributed by atoms with van der Waals surface area (Å²) >= 11 is 0. The molecule has 0 aromatic carbocycles. The summed E-state index contributed by atoms with van der Waals surface area (Å²) in [6, 6.07) is 0. The average molecular weight is 335 g/mol. The molecule has 0 spiro atoms. The fraction of sp³-hybridized carbons (Fsp3) is 0.650. The molecule has 4 heteroatoms. The molecular formula is C20H33NO3. The van der Waals surface area contributed by atoms with Gasteiger partial charge in [0, 0.05) is 20.5 Å². The maximum atomic E-state index is 11.4. The molecule has 1 saturated carbocycles. The number of hydrogen-bond donors (Lipinski definition) is 2. The monoisotopic (exact) mass is 335 g/mol. The number of carbonyl (C=O) groups excluding carboxylic acids is 1. The number of nitrogens with zero attached hydrogens (tertiary/aromatic N) is 1. The Balaban J connectivity index is 2.19. The van der Waals surface area contributed by atoms with Crippen LogP contribution in [-0.2, 0) is 4.79 Å². The molecule has 1 fully saturated rings. The van der Waals surface area contributed by atoms with E-state index in [0.717, 1.165) is 6.42 Å². The van der Waals surface area contributed by atoms with Crippen LogP contribution < -0.4 is 0 Å². The van der Waals surface area contributed by atoms with Gasteiger partial charge < -0.3 is 15.1 Å². The van der Waals surface area contributed by atoms with Gasteiger partial charge in [-0.2, -0.15) is 0 Å². The topological polar surface area (TPSA) is 60.8 Å². The smallest absolute Gasteiger partial charge is 0.222 e. The van der Waals surface area contributed by atoms with Gasteiger partial charge in [0.15, 0.2) is 0 Å². The summed E-state index contributed by atoms with van der Waals surface area (Å²) in [5.74, 6) is 0.690. The molecule has 1 aliphatic carbocycles. The van der Waals surface area contributed by atoms with Gasteiger partial charge in [0.2, 0.25) is 5.91 Å². The summed E-state index contributed by atoms with van der Waals surface area (Å²) in [4.78, 5) is 12.9. The van der Waals surface area contributed by atoms with E-state index in [9.17, 15) is 15.0 Å². The summed E-state index contributed by atoms with van der Waals surface area (Å²) < 4.78 is 0. The number of amides is 1. The Morgan fingerprint density at radius 3 is 2.17 bits per heavy atom. The average Bonchev–Trinajstić information content (AvgIpc) is 2.56. The molecule has 1 amide bonds. The van der Waals surface area contributed by atoms with Crippen LogP contribution in [0.1, 0.15) is 51.4 Å². The lowest BCUT2D eigenvalue weighted by atomic mass is 9.85.